The molecule has 0 unspecified atom stereocenters. The van der Waals surface area contributed by atoms with E-state index in [2.05, 4.69) is 10.6 Å². The summed E-state index contributed by atoms with van der Waals surface area (Å²) in [6.07, 6.45) is 0. The second kappa shape index (κ2) is 7.29. The highest BCUT2D eigenvalue weighted by Gasteiger charge is 2.16. The van der Waals surface area contributed by atoms with Gasteiger partial charge in [-0.05, 0) is 12.1 Å². The quantitative estimate of drug-likeness (QED) is 0.287. The number of nitrogens with one attached hydrogen (secondary N) is 2. The molecule has 0 aliphatic heterocycles. The zero-order chi connectivity index (χ0) is 14.3. The number of phenols is 1. The Morgan fingerprint density at radius 3 is 2.89 bits per heavy atom. The predicted molar refractivity (Wildman–Crippen MR) is 68.1 cm³/mol. The van der Waals surface area contributed by atoms with Crippen molar-refractivity contribution in [1.82, 2.24) is 5.32 Å². The molecule has 19 heavy (non-hydrogen) atoms. The number of hydrogen-bond donors (Lipinski definition) is 3. The lowest BCUT2D eigenvalue weighted by Crippen LogP contribution is -2.30. The summed E-state index contributed by atoms with van der Waals surface area (Å²) in [6.45, 7) is 0.982. The van der Waals surface area contributed by atoms with Gasteiger partial charge in [0.1, 0.15) is 11.4 Å². The van der Waals surface area contributed by atoms with Crippen LogP contribution in [0.1, 0.15) is 0 Å². The number of phenolic OH excluding ortho intramolecular Hbond substituents is 1. The first-order valence-electron chi connectivity index (χ1n) is 5.51. The van der Waals surface area contributed by atoms with Gasteiger partial charge in [0.15, 0.2) is 0 Å². The maximum absolute atomic E-state index is 11.5. The molecule has 0 bridgehead atoms. The van der Waals surface area contributed by atoms with Crippen LogP contribution in [0.5, 0.6) is 5.75 Å². The molecule has 0 aromatic heterocycles. The van der Waals surface area contributed by atoms with E-state index in [1.165, 1.54) is 12.1 Å². The average molecular weight is 269 g/mol. The SMILES string of the molecule is COCCNCC(=O)Nc1ccc(O)cc1[N+](=O)[O-]. The highest BCUT2D eigenvalue weighted by molar-refractivity contribution is 5.94. The number of anilines is 1. The molecule has 8 heteroatoms. The minimum Gasteiger partial charge on any atom is -0.508 e. The second-order valence-corrected chi connectivity index (χ2v) is 3.68. The van der Waals surface area contributed by atoms with Gasteiger partial charge < -0.3 is 20.5 Å². The van der Waals surface area contributed by atoms with Crippen molar-refractivity contribution in [3.63, 3.8) is 0 Å². The maximum atomic E-state index is 11.5. The Balaban J connectivity index is 2.61. The van der Waals surface area contributed by atoms with E-state index in [0.29, 0.717) is 13.2 Å². The summed E-state index contributed by atoms with van der Waals surface area (Å²) in [7, 11) is 1.54. The van der Waals surface area contributed by atoms with Crippen LogP contribution < -0.4 is 10.6 Å². The van der Waals surface area contributed by atoms with Gasteiger partial charge in [0, 0.05) is 13.7 Å². The number of carbonyl (C=O) groups excluding carboxylic acids is 1. The van der Waals surface area contributed by atoms with E-state index in [0.717, 1.165) is 6.07 Å². The molecule has 1 aromatic rings. The van der Waals surface area contributed by atoms with Crippen LogP contribution in [-0.4, -0.2) is 42.7 Å². The van der Waals surface area contributed by atoms with Crippen molar-refractivity contribution in [2.45, 2.75) is 0 Å². The molecule has 1 amide bonds. The number of ether oxygens (including phenoxy) is 1. The summed E-state index contributed by atoms with van der Waals surface area (Å²) in [5, 5.41) is 25.2. The fraction of sp³-hybridized carbons (Fsp3) is 0.364. The number of hydrogen-bond acceptors (Lipinski definition) is 6. The minimum absolute atomic E-state index is 0.0153. The number of rotatable bonds is 7. The van der Waals surface area contributed by atoms with E-state index in [9.17, 15) is 20.0 Å². The first kappa shape index (κ1) is 14.9. The standard InChI is InChI=1S/C11H15N3O5/c1-19-5-4-12-7-11(16)13-9-3-2-8(15)6-10(9)14(17)18/h2-3,6,12,15H,4-5,7H2,1H3,(H,13,16). The van der Waals surface area contributed by atoms with Crippen LogP contribution in [0.3, 0.4) is 0 Å². The number of nitro groups is 1. The Labute approximate surface area is 109 Å². The van der Waals surface area contributed by atoms with E-state index in [1.807, 2.05) is 0 Å². The molecule has 3 N–H and O–H groups in total. The summed E-state index contributed by atoms with van der Waals surface area (Å²) in [5.41, 5.74) is -0.313. The van der Waals surface area contributed by atoms with Crippen molar-refractivity contribution >= 4 is 17.3 Å². The van der Waals surface area contributed by atoms with Gasteiger partial charge in [-0.2, -0.15) is 0 Å². The number of nitrogens with zero attached hydrogens (tertiary/aromatic N) is 1. The highest BCUT2D eigenvalue weighted by Crippen LogP contribution is 2.28. The van der Waals surface area contributed by atoms with Gasteiger partial charge in [-0.25, -0.2) is 0 Å². The molecule has 1 rings (SSSR count). The molecule has 1 aromatic carbocycles. The third-order valence-electron chi connectivity index (χ3n) is 2.22. The van der Waals surface area contributed by atoms with Gasteiger partial charge in [-0.1, -0.05) is 0 Å². The zero-order valence-electron chi connectivity index (χ0n) is 10.4. The Morgan fingerprint density at radius 1 is 1.53 bits per heavy atom. The highest BCUT2D eigenvalue weighted by atomic mass is 16.6. The lowest BCUT2D eigenvalue weighted by molar-refractivity contribution is -0.384. The molecule has 8 nitrogen and oxygen atoms in total. The Bertz CT molecular complexity index is 464. The fourth-order valence-electron chi connectivity index (χ4n) is 1.35. The lowest BCUT2D eigenvalue weighted by atomic mass is 10.2. The largest absolute Gasteiger partial charge is 0.508 e. The van der Waals surface area contributed by atoms with Crippen molar-refractivity contribution in [2.24, 2.45) is 0 Å². The molecule has 0 saturated heterocycles. The lowest BCUT2D eigenvalue weighted by Gasteiger charge is -2.07. The summed E-state index contributed by atoms with van der Waals surface area (Å²) < 4.78 is 4.79. The van der Waals surface area contributed by atoms with Crippen LogP contribution in [0.25, 0.3) is 0 Å². The Kier molecular flexibility index (Phi) is 5.71. The van der Waals surface area contributed by atoms with Crippen LogP contribution in [0.15, 0.2) is 18.2 Å². The van der Waals surface area contributed by atoms with Gasteiger partial charge in [0.25, 0.3) is 5.69 Å². The normalized spacial score (nSPS) is 10.2. The summed E-state index contributed by atoms with van der Waals surface area (Å²) in [4.78, 5) is 21.6. The molecule has 0 aliphatic rings. The van der Waals surface area contributed by atoms with E-state index < -0.39 is 10.8 Å². The Hall–Kier alpha value is -2.19. The van der Waals surface area contributed by atoms with Gasteiger partial charge in [0.2, 0.25) is 5.91 Å². The number of methoxy groups -OCH3 is 1. The molecule has 0 atom stereocenters. The molecule has 0 fully saturated rings. The van der Waals surface area contributed by atoms with E-state index >= 15 is 0 Å². The number of benzene rings is 1. The maximum Gasteiger partial charge on any atom is 0.296 e. The van der Waals surface area contributed by atoms with Crippen molar-refractivity contribution in [1.29, 1.82) is 0 Å². The van der Waals surface area contributed by atoms with Crippen molar-refractivity contribution in [3.8, 4) is 5.75 Å². The Morgan fingerprint density at radius 2 is 2.26 bits per heavy atom. The molecular formula is C11H15N3O5. The summed E-state index contributed by atoms with van der Waals surface area (Å²) in [6, 6.07) is 3.52. The predicted octanol–water partition coefficient (Wildman–Crippen LogP) is 0.475. The summed E-state index contributed by atoms with van der Waals surface area (Å²) >= 11 is 0. The minimum atomic E-state index is -0.673. The van der Waals surface area contributed by atoms with Crippen LogP contribution in [-0.2, 0) is 9.53 Å². The van der Waals surface area contributed by atoms with E-state index in [-0.39, 0.29) is 23.7 Å². The fourth-order valence-corrected chi connectivity index (χ4v) is 1.35. The van der Waals surface area contributed by atoms with Gasteiger partial charge in [0.05, 0.1) is 24.1 Å². The number of nitro benzene ring substituents is 1. The third-order valence-corrected chi connectivity index (χ3v) is 2.22. The molecule has 0 radical (unpaired) electrons. The first-order valence-corrected chi connectivity index (χ1v) is 5.51. The average Bonchev–Trinajstić information content (AvgIpc) is 2.36. The van der Waals surface area contributed by atoms with Crippen LogP contribution >= 0.6 is 0 Å². The monoisotopic (exact) mass is 269 g/mol. The molecule has 0 heterocycles. The van der Waals surface area contributed by atoms with Crippen molar-refractivity contribution in [2.75, 3.05) is 32.1 Å². The van der Waals surface area contributed by atoms with Gasteiger partial charge in [-0.3, -0.25) is 14.9 Å². The van der Waals surface area contributed by atoms with Crippen molar-refractivity contribution < 1.29 is 19.6 Å². The van der Waals surface area contributed by atoms with Crippen LogP contribution in [0.4, 0.5) is 11.4 Å². The topological polar surface area (TPSA) is 114 Å². The number of carbonyl (C=O) groups is 1. The molecule has 0 saturated carbocycles. The molecule has 104 valence electrons. The van der Waals surface area contributed by atoms with Crippen LogP contribution in [0, 0.1) is 10.1 Å². The molecule has 0 aliphatic carbocycles. The number of amides is 1. The van der Waals surface area contributed by atoms with Gasteiger partial charge >= 0.3 is 0 Å². The number of aromatic hydroxyl groups is 1. The second-order valence-electron chi connectivity index (χ2n) is 3.68. The van der Waals surface area contributed by atoms with Crippen molar-refractivity contribution in [3.05, 3.63) is 28.3 Å². The van der Waals surface area contributed by atoms with Gasteiger partial charge in [-0.15, -0.1) is 0 Å². The first-order chi connectivity index (χ1) is 9.04. The smallest absolute Gasteiger partial charge is 0.296 e. The summed E-state index contributed by atoms with van der Waals surface area (Å²) in [5.74, 6) is -0.646. The zero-order valence-corrected chi connectivity index (χ0v) is 10.4. The van der Waals surface area contributed by atoms with E-state index in [4.69, 9.17) is 4.74 Å². The third kappa shape index (κ3) is 4.90. The van der Waals surface area contributed by atoms with Crippen LogP contribution in [0.2, 0.25) is 0 Å². The molecule has 0 spiro atoms. The molecular weight excluding hydrogens is 254 g/mol. The van der Waals surface area contributed by atoms with E-state index in [1.54, 1.807) is 7.11 Å².